The summed E-state index contributed by atoms with van der Waals surface area (Å²) in [6.07, 6.45) is 3.23. The summed E-state index contributed by atoms with van der Waals surface area (Å²) >= 11 is 5.70. The molecule has 0 aliphatic carbocycles. The van der Waals surface area contributed by atoms with Gasteiger partial charge in [-0.05, 0) is 29.7 Å². The second-order valence-corrected chi connectivity index (χ2v) is 4.35. The summed E-state index contributed by atoms with van der Waals surface area (Å²) in [6.45, 7) is 2.92. The van der Waals surface area contributed by atoms with Crippen LogP contribution in [0.25, 0.3) is 5.57 Å². The molecule has 0 bridgehead atoms. The van der Waals surface area contributed by atoms with Gasteiger partial charge in [-0.25, -0.2) is 4.39 Å². The van der Waals surface area contributed by atoms with Gasteiger partial charge in [0.25, 0.3) is 0 Å². The van der Waals surface area contributed by atoms with Crippen molar-refractivity contribution in [3.05, 3.63) is 41.7 Å². The minimum absolute atomic E-state index is 0. The molecule has 0 spiro atoms. The molecule has 1 aliphatic rings. The van der Waals surface area contributed by atoms with Crippen molar-refractivity contribution in [3.63, 3.8) is 0 Å². The standard InChI is InChI=1S/C13H15ClFN.ClH/c14-7-10-16-8-5-12(6-9-16)11-1-3-13(15)4-2-11;/h1-5H,6-10H2;1H. The Labute approximate surface area is 113 Å². The first-order valence-corrected chi connectivity index (χ1v) is 6.06. The fourth-order valence-corrected chi connectivity index (χ4v) is 2.20. The number of nitrogens with zero attached hydrogens (tertiary/aromatic N) is 1. The zero-order valence-corrected chi connectivity index (χ0v) is 11.1. The van der Waals surface area contributed by atoms with Crippen LogP contribution in [0.3, 0.4) is 0 Å². The summed E-state index contributed by atoms with van der Waals surface area (Å²) in [5, 5.41) is 0. The summed E-state index contributed by atoms with van der Waals surface area (Å²) in [7, 11) is 0. The van der Waals surface area contributed by atoms with Crippen LogP contribution in [0.5, 0.6) is 0 Å². The molecule has 1 heterocycles. The Kier molecular flexibility index (Phi) is 5.96. The molecule has 0 saturated heterocycles. The molecule has 0 saturated carbocycles. The molecule has 94 valence electrons. The lowest BCUT2D eigenvalue weighted by Gasteiger charge is -2.25. The van der Waals surface area contributed by atoms with E-state index in [4.69, 9.17) is 11.6 Å². The van der Waals surface area contributed by atoms with Crippen LogP contribution in [-0.4, -0.2) is 30.4 Å². The van der Waals surface area contributed by atoms with Crippen molar-refractivity contribution in [2.75, 3.05) is 25.5 Å². The fourth-order valence-electron chi connectivity index (χ4n) is 1.96. The Balaban J connectivity index is 0.00000144. The van der Waals surface area contributed by atoms with E-state index in [9.17, 15) is 4.39 Å². The molecule has 0 amide bonds. The van der Waals surface area contributed by atoms with Gasteiger partial charge in [-0.15, -0.1) is 24.0 Å². The van der Waals surface area contributed by atoms with Crippen LogP contribution in [0.15, 0.2) is 30.3 Å². The predicted molar refractivity (Wildman–Crippen MR) is 73.4 cm³/mol. The van der Waals surface area contributed by atoms with Gasteiger partial charge in [0.1, 0.15) is 5.82 Å². The van der Waals surface area contributed by atoms with Gasteiger partial charge >= 0.3 is 0 Å². The molecule has 0 N–H and O–H groups in total. The largest absolute Gasteiger partial charge is 0.298 e. The second-order valence-electron chi connectivity index (χ2n) is 3.98. The highest BCUT2D eigenvalue weighted by atomic mass is 35.5. The molecule has 4 heteroatoms. The van der Waals surface area contributed by atoms with Crippen molar-refractivity contribution in [2.24, 2.45) is 0 Å². The van der Waals surface area contributed by atoms with Crippen molar-refractivity contribution < 1.29 is 4.39 Å². The van der Waals surface area contributed by atoms with Crippen LogP contribution in [-0.2, 0) is 0 Å². The monoisotopic (exact) mass is 275 g/mol. The number of hydrogen-bond donors (Lipinski definition) is 0. The van der Waals surface area contributed by atoms with Crippen LogP contribution < -0.4 is 0 Å². The molecule has 1 aromatic carbocycles. The molecule has 0 unspecified atom stereocenters. The number of benzene rings is 1. The SMILES string of the molecule is Cl.Fc1ccc(C2=CCN(CCCl)CC2)cc1. The molecule has 0 radical (unpaired) electrons. The Morgan fingerprint density at radius 2 is 1.94 bits per heavy atom. The Hall–Kier alpha value is -0.570. The summed E-state index contributed by atoms with van der Waals surface area (Å²) in [6, 6.07) is 6.72. The van der Waals surface area contributed by atoms with Crippen LogP contribution in [0, 0.1) is 5.82 Å². The Morgan fingerprint density at radius 3 is 2.47 bits per heavy atom. The van der Waals surface area contributed by atoms with Crippen LogP contribution in [0.1, 0.15) is 12.0 Å². The molecule has 1 nitrogen and oxygen atoms in total. The normalized spacial score (nSPS) is 16.2. The van der Waals surface area contributed by atoms with Crippen molar-refractivity contribution in [1.29, 1.82) is 0 Å². The van der Waals surface area contributed by atoms with Gasteiger partial charge in [0, 0.05) is 25.5 Å². The molecule has 0 fully saturated rings. The van der Waals surface area contributed by atoms with Gasteiger partial charge in [-0.3, -0.25) is 4.90 Å². The molecule has 0 aromatic heterocycles. The Bertz CT molecular complexity index is 376. The predicted octanol–water partition coefficient (Wildman–Crippen LogP) is 3.58. The maximum atomic E-state index is 12.8. The van der Waals surface area contributed by atoms with Crippen LogP contribution in [0.2, 0.25) is 0 Å². The number of halogens is 3. The summed E-state index contributed by atoms with van der Waals surface area (Å²) in [5.41, 5.74) is 2.44. The van der Waals surface area contributed by atoms with E-state index in [0.717, 1.165) is 31.6 Å². The van der Waals surface area contributed by atoms with Crippen molar-refractivity contribution in [3.8, 4) is 0 Å². The summed E-state index contributed by atoms with van der Waals surface area (Å²) in [4.78, 5) is 2.32. The van der Waals surface area contributed by atoms with E-state index in [-0.39, 0.29) is 18.2 Å². The zero-order valence-electron chi connectivity index (χ0n) is 9.53. The maximum Gasteiger partial charge on any atom is 0.123 e. The van der Waals surface area contributed by atoms with E-state index in [2.05, 4.69) is 11.0 Å². The number of hydrogen-bond acceptors (Lipinski definition) is 1. The first kappa shape index (κ1) is 14.5. The Morgan fingerprint density at radius 1 is 1.24 bits per heavy atom. The maximum absolute atomic E-state index is 12.8. The number of rotatable bonds is 3. The first-order chi connectivity index (χ1) is 7.79. The average Bonchev–Trinajstić information content (AvgIpc) is 2.32. The van der Waals surface area contributed by atoms with Gasteiger partial charge in [0.15, 0.2) is 0 Å². The fraction of sp³-hybridized carbons (Fsp3) is 0.385. The van der Waals surface area contributed by atoms with E-state index < -0.39 is 0 Å². The topological polar surface area (TPSA) is 3.24 Å². The highest BCUT2D eigenvalue weighted by Gasteiger charge is 2.11. The van der Waals surface area contributed by atoms with Gasteiger partial charge in [0.2, 0.25) is 0 Å². The lowest BCUT2D eigenvalue weighted by Crippen LogP contribution is -2.30. The summed E-state index contributed by atoms with van der Waals surface area (Å²) in [5.74, 6) is 0.503. The first-order valence-electron chi connectivity index (χ1n) is 5.53. The number of alkyl halides is 1. The third-order valence-corrected chi connectivity index (χ3v) is 3.08. The lowest BCUT2D eigenvalue weighted by atomic mass is 9.99. The molecular weight excluding hydrogens is 260 g/mol. The van der Waals surface area contributed by atoms with E-state index in [1.54, 1.807) is 0 Å². The van der Waals surface area contributed by atoms with Crippen molar-refractivity contribution >= 4 is 29.6 Å². The quantitative estimate of drug-likeness (QED) is 0.763. The average molecular weight is 276 g/mol. The van der Waals surface area contributed by atoms with Gasteiger partial charge in [-0.1, -0.05) is 18.2 Å². The van der Waals surface area contributed by atoms with Crippen LogP contribution in [0.4, 0.5) is 4.39 Å². The lowest BCUT2D eigenvalue weighted by molar-refractivity contribution is 0.320. The van der Waals surface area contributed by atoms with E-state index >= 15 is 0 Å². The van der Waals surface area contributed by atoms with E-state index in [1.807, 2.05) is 12.1 Å². The van der Waals surface area contributed by atoms with Crippen LogP contribution >= 0.6 is 24.0 Å². The molecule has 1 aliphatic heterocycles. The summed E-state index contributed by atoms with van der Waals surface area (Å²) < 4.78 is 12.8. The minimum Gasteiger partial charge on any atom is -0.298 e. The molecule has 1 aromatic rings. The van der Waals surface area contributed by atoms with Gasteiger partial charge in [0.05, 0.1) is 0 Å². The third kappa shape index (κ3) is 3.98. The highest BCUT2D eigenvalue weighted by Crippen LogP contribution is 2.22. The van der Waals surface area contributed by atoms with Gasteiger partial charge in [-0.2, -0.15) is 0 Å². The smallest absolute Gasteiger partial charge is 0.123 e. The molecule has 17 heavy (non-hydrogen) atoms. The van der Waals surface area contributed by atoms with Crippen molar-refractivity contribution in [1.82, 2.24) is 4.90 Å². The second kappa shape index (κ2) is 7.00. The molecule has 0 atom stereocenters. The van der Waals surface area contributed by atoms with Gasteiger partial charge < -0.3 is 0 Å². The minimum atomic E-state index is -0.177. The molecular formula is C13H16Cl2FN. The van der Waals surface area contributed by atoms with Crippen molar-refractivity contribution in [2.45, 2.75) is 6.42 Å². The zero-order chi connectivity index (χ0) is 11.4. The third-order valence-electron chi connectivity index (χ3n) is 2.91. The highest BCUT2D eigenvalue weighted by molar-refractivity contribution is 6.18. The molecule has 2 rings (SSSR count). The van der Waals surface area contributed by atoms with E-state index in [0.29, 0.717) is 5.88 Å². The van der Waals surface area contributed by atoms with E-state index in [1.165, 1.54) is 17.7 Å².